The van der Waals surface area contributed by atoms with E-state index in [-0.39, 0.29) is 5.75 Å². The van der Waals surface area contributed by atoms with Gasteiger partial charge in [0, 0.05) is 5.39 Å². The molecule has 3 rings (SSSR count). The number of hydrogen-bond donors (Lipinski definition) is 1. The van der Waals surface area contributed by atoms with Crippen LogP contribution in [0.3, 0.4) is 0 Å². The van der Waals surface area contributed by atoms with E-state index in [2.05, 4.69) is 13.0 Å². The first-order valence-electron chi connectivity index (χ1n) is 6.61. The van der Waals surface area contributed by atoms with E-state index in [1.54, 1.807) is 6.07 Å². The maximum Gasteiger partial charge on any atom is 0.171 e. The lowest BCUT2D eigenvalue weighted by molar-refractivity contribution is 0.411. The molecule has 2 heteroatoms. The number of rotatable bonds is 2. The SMILES string of the molecule is Cc1cccc(O)c1Oc1ccc(C)c2ccccc12. The van der Waals surface area contributed by atoms with Gasteiger partial charge in [-0.05, 0) is 42.5 Å². The van der Waals surface area contributed by atoms with E-state index in [0.717, 1.165) is 22.1 Å². The molecule has 0 fully saturated rings. The highest BCUT2D eigenvalue weighted by Gasteiger charge is 2.10. The molecule has 0 radical (unpaired) electrons. The molecule has 3 aromatic carbocycles. The number of fused-ring (bicyclic) bond motifs is 1. The van der Waals surface area contributed by atoms with Crippen molar-refractivity contribution in [3.05, 3.63) is 65.7 Å². The zero-order valence-electron chi connectivity index (χ0n) is 11.6. The van der Waals surface area contributed by atoms with Crippen LogP contribution in [0.15, 0.2) is 54.6 Å². The Balaban J connectivity index is 2.14. The van der Waals surface area contributed by atoms with E-state index in [0.29, 0.717) is 5.75 Å². The minimum Gasteiger partial charge on any atom is -0.504 e. The Bertz CT molecular complexity index is 755. The normalized spacial score (nSPS) is 10.7. The van der Waals surface area contributed by atoms with Crippen molar-refractivity contribution in [2.45, 2.75) is 13.8 Å². The van der Waals surface area contributed by atoms with Crippen LogP contribution in [0.4, 0.5) is 0 Å². The van der Waals surface area contributed by atoms with Crippen molar-refractivity contribution in [3.63, 3.8) is 0 Å². The Morgan fingerprint density at radius 2 is 1.50 bits per heavy atom. The minimum atomic E-state index is 0.162. The van der Waals surface area contributed by atoms with Gasteiger partial charge in [0.05, 0.1) is 0 Å². The monoisotopic (exact) mass is 264 g/mol. The summed E-state index contributed by atoms with van der Waals surface area (Å²) < 4.78 is 5.96. The second-order valence-electron chi connectivity index (χ2n) is 4.95. The van der Waals surface area contributed by atoms with Crippen LogP contribution in [0.2, 0.25) is 0 Å². The van der Waals surface area contributed by atoms with E-state index in [9.17, 15) is 5.11 Å². The van der Waals surface area contributed by atoms with Crippen LogP contribution in [-0.4, -0.2) is 5.11 Å². The van der Waals surface area contributed by atoms with Crippen LogP contribution in [0, 0.1) is 13.8 Å². The third kappa shape index (κ3) is 2.10. The second-order valence-corrected chi connectivity index (χ2v) is 4.95. The number of hydrogen-bond acceptors (Lipinski definition) is 2. The maximum absolute atomic E-state index is 9.95. The number of aromatic hydroxyl groups is 1. The molecular formula is C18H16O2. The van der Waals surface area contributed by atoms with Crippen LogP contribution in [0.25, 0.3) is 10.8 Å². The summed E-state index contributed by atoms with van der Waals surface area (Å²) >= 11 is 0. The van der Waals surface area contributed by atoms with E-state index in [4.69, 9.17) is 4.74 Å². The van der Waals surface area contributed by atoms with Gasteiger partial charge in [-0.3, -0.25) is 0 Å². The number of aryl methyl sites for hydroxylation is 2. The topological polar surface area (TPSA) is 29.5 Å². The first-order chi connectivity index (χ1) is 9.66. The first-order valence-corrected chi connectivity index (χ1v) is 6.61. The molecule has 0 heterocycles. The predicted octanol–water partition coefficient (Wildman–Crippen LogP) is 4.95. The van der Waals surface area contributed by atoms with Gasteiger partial charge in [0.2, 0.25) is 0 Å². The summed E-state index contributed by atoms with van der Waals surface area (Å²) in [5.41, 5.74) is 2.12. The zero-order chi connectivity index (χ0) is 14.1. The van der Waals surface area contributed by atoms with Crippen molar-refractivity contribution in [1.29, 1.82) is 0 Å². The fraction of sp³-hybridized carbons (Fsp3) is 0.111. The summed E-state index contributed by atoms with van der Waals surface area (Å²) in [7, 11) is 0. The molecule has 0 saturated heterocycles. The maximum atomic E-state index is 9.95. The summed E-state index contributed by atoms with van der Waals surface area (Å²) in [4.78, 5) is 0. The quantitative estimate of drug-likeness (QED) is 0.709. The van der Waals surface area contributed by atoms with Crippen LogP contribution < -0.4 is 4.74 Å². The van der Waals surface area contributed by atoms with Gasteiger partial charge in [-0.15, -0.1) is 0 Å². The van der Waals surface area contributed by atoms with E-state index in [1.807, 2.05) is 49.4 Å². The van der Waals surface area contributed by atoms with Crippen molar-refractivity contribution < 1.29 is 9.84 Å². The standard InChI is InChI=1S/C18H16O2/c1-12-10-11-17(15-8-4-3-7-14(12)15)20-18-13(2)6-5-9-16(18)19/h3-11,19H,1-2H3. The lowest BCUT2D eigenvalue weighted by Gasteiger charge is -2.13. The summed E-state index contributed by atoms with van der Waals surface area (Å²) in [6, 6.07) is 17.5. The van der Waals surface area contributed by atoms with Gasteiger partial charge in [-0.2, -0.15) is 0 Å². The Morgan fingerprint density at radius 1 is 0.750 bits per heavy atom. The van der Waals surface area contributed by atoms with Gasteiger partial charge in [-0.25, -0.2) is 0 Å². The van der Waals surface area contributed by atoms with E-state index < -0.39 is 0 Å². The van der Waals surface area contributed by atoms with Gasteiger partial charge in [0.1, 0.15) is 5.75 Å². The highest BCUT2D eigenvalue weighted by molar-refractivity contribution is 5.91. The van der Waals surface area contributed by atoms with Gasteiger partial charge in [0.25, 0.3) is 0 Å². The summed E-state index contributed by atoms with van der Waals surface area (Å²) in [5, 5.41) is 12.2. The highest BCUT2D eigenvalue weighted by Crippen LogP contribution is 2.37. The average molecular weight is 264 g/mol. The molecule has 0 aromatic heterocycles. The highest BCUT2D eigenvalue weighted by atomic mass is 16.5. The molecule has 0 amide bonds. The smallest absolute Gasteiger partial charge is 0.171 e. The largest absolute Gasteiger partial charge is 0.504 e. The molecule has 20 heavy (non-hydrogen) atoms. The second kappa shape index (κ2) is 4.89. The average Bonchev–Trinajstić information content (AvgIpc) is 2.46. The Hall–Kier alpha value is -2.48. The number of phenols is 1. The molecule has 3 aromatic rings. The minimum absolute atomic E-state index is 0.162. The van der Waals surface area contributed by atoms with Crippen LogP contribution >= 0.6 is 0 Å². The van der Waals surface area contributed by atoms with Gasteiger partial charge < -0.3 is 9.84 Å². The summed E-state index contributed by atoms with van der Waals surface area (Å²) in [6.07, 6.45) is 0. The molecule has 0 unspecified atom stereocenters. The molecular weight excluding hydrogens is 248 g/mol. The summed E-state index contributed by atoms with van der Waals surface area (Å²) in [6.45, 7) is 4.00. The number of benzene rings is 3. The molecule has 0 spiro atoms. The van der Waals surface area contributed by atoms with Crippen LogP contribution in [-0.2, 0) is 0 Å². The van der Waals surface area contributed by atoms with Crippen LogP contribution in [0.5, 0.6) is 17.2 Å². The number of para-hydroxylation sites is 1. The lowest BCUT2D eigenvalue weighted by Crippen LogP contribution is -1.90. The first kappa shape index (κ1) is 12.5. The molecule has 0 aliphatic carbocycles. The van der Waals surface area contributed by atoms with Gasteiger partial charge in [0.15, 0.2) is 11.5 Å². The lowest BCUT2D eigenvalue weighted by atomic mass is 10.0. The molecule has 2 nitrogen and oxygen atoms in total. The fourth-order valence-electron chi connectivity index (χ4n) is 2.39. The molecule has 100 valence electrons. The van der Waals surface area contributed by atoms with Gasteiger partial charge >= 0.3 is 0 Å². The Morgan fingerprint density at radius 3 is 2.25 bits per heavy atom. The van der Waals surface area contributed by atoms with E-state index >= 15 is 0 Å². The molecule has 0 bridgehead atoms. The summed E-state index contributed by atoms with van der Waals surface area (Å²) in [5.74, 6) is 1.44. The van der Waals surface area contributed by atoms with Crippen molar-refractivity contribution >= 4 is 10.8 Å². The molecule has 1 N–H and O–H groups in total. The number of phenolic OH excluding ortho intramolecular Hbond substituents is 1. The van der Waals surface area contributed by atoms with E-state index in [1.165, 1.54) is 5.56 Å². The Labute approximate surface area is 118 Å². The number of ether oxygens (including phenoxy) is 1. The molecule has 0 saturated carbocycles. The third-order valence-electron chi connectivity index (χ3n) is 3.51. The van der Waals surface area contributed by atoms with Crippen molar-refractivity contribution in [2.75, 3.05) is 0 Å². The van der Waals surface area contributed by atoms with Crippen molar-refractivity contribution in [2.24, 2.45) is 0 Å². The Kier molecular flexibility index (Phi) is 3.07. The third-order valence-corrected chi connectivity index (χ3v) is 3.51. The molecule has 0 aliphatic rings. The molecule has 0 aliphatic heterocycles. The zero-order valence-corrected chi connectivity index (χ0v) is 11.6. The predicted molar refractivity (Wildman–Crippen MR) is 81.6 cm³/mol. The van der Waals surface area contributed by atoms with Gasteiger partial charge in [-0.1, -0.05) is 42.5 Å². The fourth-order valence-corrected chi connectivity index (χ4v) is 2.39. The molecule has 0 atom stereocenters. The van der Waals surface area contributed by atoms with Crippen molar-refractivity contribution in [3.8, 4) is 17.2 Å². The van der Waals surface area contributed by atoms with Crippen molar-refractivity contribution in [1.82, 2.24) is 0 Å². The van der Waals surface area contributed by atoms with Crippen LogP contribution in [0.1, 0.15) is 11.1 Å².